The van der Waals surface area contributed by atoms with E-state index in [4.69, 9.17) is 17.3 Å². The van der Waals surface area contributed by atoms with Crippen LogP contribution >= 0.6 is 11.6 Å². The standard InChI is InChI=1S/C17H14ClNOS/c18-15-6-8-17(19)14(9-15)11-21(20)16-7-5-12-3-1-2-4-13(12)10-16/h1-10H,11,19H2. The molecule has 2 N–H and O–H groups in total. The molecule has 0 heterocycles. The minimum Gasteiger partial charge on any atom is -0.398 e. The Balaban J connectivity index is 1.91. The van der Waals surface area contributed by atoms with Gasteiger partial charge in [-0.2, -0.15) is 0 Å². The van der Waals surface area contributed by atoms with Crippen LogP contribution in [0.25, 0.3) is 10.8 Å². The summed E-state index contributed by atoms with van der Waals surface area (Å²) in [5.74, 6) is 0.366. The van der Waals surface area contributed by atoms with Crippen LogP contribution in [0.4, 0.5) is 5.69 Å². The van der Waals surface area contributed by atoms with Crippen molar-refractivity contribution in [1.82, 2.24) is 0 Å². The lowest BCUT2D eigenvalue weighted by Gasteiger charge is -2.07. The largest absolute Gasteiger partial charge is 0.398 e. The van der Waals surface area contributed by atoms with Crippen LogP contribution in [0.3, 0.4) is 0 Å². The van der Waals surface area contributed by atoms with Crippen molar-refractivity contribution in [2.75, 3.05) is 5.73 Å². The molecule has 0 aliphatic carbocycles. The molecule has 1 atom stereocenters. The lowest BCUT2D eigenvalue weighted by molar-refractivity contribution is 0.683. The zero-order chi connectivity index (χ0) is 14.8. The van der Waals surface area contributed by atoms with Crippen molar-refractivity contribution < 1.29 is 4.21 Å². The van der Waals surface area contributed by atoms with E-state index in [1.807, 2.05) is 42.5 Å². The van der Waals surface area contributed by atoms with Gasteiger partial charge in [-0.1, -0.05) is 41.9 Å². The average molecular weight is 316 g/mol. The molecule has 0 aliphatic rings. The molecule has 3 rings (SSSR count). The van der Waals surface area contributed by atoms with Crippen LogP contribution < -0.4 is 5.73 Å². The molecule has 2 nitrogen and oxygen atoms in total. The van der Waals surface area contributed by atoms with Crippen LogP contribution in [0.1, 0.15) is 5.56 Å². The van der Waals surface area contributed by atoms with Crippen LogP contribution in [-0.2, 0) is 16.6 Å². The van der Waals surface area contributed by atoms with Crippen molar-refractivity contribution in [1.29, 1.82) is 0 Å². The summed E-state index contributed by atoms with van der Waals surface area (Å²) in [6.45, 7) is 0. The number of hydrogen-bond donors (Lipinski definition) is 1. The average Bonchev–Trinajstić information content (AvgIpc) is 2.50. The van der Waals surface area contributed by atoms with Gasteiger partial charge in [0.15, 0.2) is 0 Å². The zero-order valence-corrected chi connectivity index (χ0v) is 12.8. The van der Waals surface area contributed by atoms with Crippen molar-refractivity contribution >= 4 is 38.9 Å². The number of anilines is 1. The predicted molar refractivity (Wildman–Crippen MR) is 89.9 cm³/mol. The van der Waals surface area contributed by atoms with Gasteiger partial charge in [-0.3, -0.25) is 4.21 Å². The molecule has 0 aliphatic heterocycles. The number of nitrogens with two attached hydrogens (primary N) is 1. The second-order valence-electron chi connectivity index (χ2n) is 4.84. The maximum atomic E-state index is 12.5. The second-order valence-corrected chi connectivity index (χ2v) is 6.73. The Bertz CT molecular complexity index is 832. The van der Waals surface area contributed by atoms with E-state index in [0.717, 1.165) is 21.2 Å². The normalized spacial score (nSPS) is 12.4. The van der Waals surface area contributed by atoms with E-state index < -0.39 is 10.8 Å². The lowest BCUT2D eigenvalue weighted by Crippen LogP contribution is -2.00. The number of benzene rings is 3. The topological polar surface area (TPSA) is 43.1 Å². The molecule has 0 amide bonds. The molecule has 1 unspecified atom stereocenters. The van der Waals surface area contributed by atoms with Gasteiger partial charge in [-0.25, -0.2) is 0 Å². The molecule has 0 saturated carbocycles. The van der Waals surface area contributed by atoms with Gasteiger partial charge in [0.1, 0.15) is 0 Å². The SMILES string of the molecule is Nc1ccc(Cl)cc1CS(=O)c1ccc2ccccc2c1. The highest BCUT2D eigenvalue weighted by Gasteiger charge is 2.09. The van der Waals surface area contributed by atoms with Gasteiger partial charge in [0, 0.05) is 15.6 Å². The third-order valence-corrected chi connectivity index (χ3v) is 4.96. The fraction of sp³-hybridized carbons (Fsp3) is 0.0588. The third kappa shape index (κ3) is 3.09. The van der Waals surface area contributed by atoms with E-state index in [2.05, 4.69) is 0 Å². The third-order valence-electron chi connectivity index (χ3n) is 3.38. The molecule has 0 fully saturated rings. The van der Waals surface area contributed by atoms with Crippen LogP contribution in [0.2, 0.25) is 5.02 Å². The van der Waals surface area contributed by atoms with Crippen LogP contribution in [0.5, 0.6) is 0 Å². The molecule has 4 heteroatoms. The first-order chi connectivity index (χ1) is 10.1. The fourth-order valence-electron chi connectivity index (χ4n) is 2.23. The van der Waals surface area contributed by atoms with Crippen LogP contribution in [-0.4, -0.2) is 4.21 Å². The number of fused-ring (bicyclic) bond motifs is 1. The Morgan fingerprint density at radius 3 is 2.52 bits per heavy atom. The highest BCUT2D eigenvalue weighted by Crippen LogP contribution is 2.23. The zero-order valence-electron chi connectivity index (χ0n) is 11.3. The lowest BCUT2D eigenvalue weighted by atomic mass is 10.1. The number of nitrogen functional groups attached to an aromatic ring is 1. The molecule has 3 aromatic carbocycles. The maximum Gasteiger partial charge on any atom is 0.0575 e. The summed E-state index contributed by atoms with van der Waals surface area (Å²) in [6.07, 6.45) is 0. The first-order valence-corrected chi connectivity index (χ1v) is 8.24. The minimum absolute atomic E-state index is 0.366. The molecule has 0 radical (unpaired) electrons. The summed E-state index contributed by atoms with van der Waals surface area (Å²) in [7, 11) is -1.15. The summed E-state index contributed by atoms with van der Waals surface area (Å²) in [6, 6.07) is 19.1. The van der Waals surface area contributed by atoms with Gasteiger partial charge < -0.3 is 5.73 Å². The first-order valence-electron chi connectivity index (χ1n) is 6.54. The minimum atomic E-state index is -1.15. The molecule has 21 heavy (non-hydrogen) atoms. The van der Waals surface area contributed by atoms with Crippen molar-refractivity contribution in [2.45, 2.75) is 10.6 Å². The highest BCUT2D eigenvalue weighted by molar-refractivity contribution is 7.84. The molecule has 0 saturated heterocycles. The van der Waals surface area contributed by atoms with Gasteiger partial charge in [0.2, 0.25) is 0 Å². The quantitative estimate of drug-likeness (QED) is 0.729. The van der Waals surface area contributed by atoms with Gasteiger partial charge >= 0.3 is 0 Å². The van der Waals surface area contributed by atoms with Crippen LogP contribution in [0, 0.1) is 0 Å². The molecule has 0 aromatic heterocycles. The van der Waals surface area contributed by atoms with E-state index in [-0.39, 0.29) is 0 Å². The highest BCUT2D eigenvalue weighted by atomic mass is 35.5. The molecular formula is C17H14ClNOS. The van der Waals surface area contributed by atoms with E-state index >= 15 is 0 Å². The number of rotatable bonds is 3. The Morgan fingerprint density at radius 1 is 0.952 bits per heavy atom. The monoisotopic (exact) mass is 315 g/mol. The first kappa shape index (κ1) is 14.1. The second kappa shape index (κ2) is 5.88. The smallest absolute Gasteiger partial charge is 0.0575 e. The van der Waals surface area contributed by atoms with E-state index in [1.165, 1.54) is 0 Å². The van der Waals surface area contributed by atoms with Crippen molar-refractivity contribution in [3.8, 4) is 0 Å². The van der Waals surface area contributed by atoms with Crippen molar-refractivity contribution in [3.05, 3.63) is 71.2 Å². The fourth-order valence-corrected chi connectivity index (χ4v) is 3.60. The van der Waals surface area contributed by atoms with Crippen molar-refractivity contribution in [3.63, 3.8) is 0 Å². The molecule has 106 valence electrons. The Hall–Kier alpha value is -1.84. The van der Waals surface area contributed by atoms with E-state index in [1.54, 1.807) is 18.2 Å². The van der Waals surface area contributed by atoms with E-state index in [9.17, 15) is 4.21 Å². The summed E-state index contributed by atoms with van der Waals surface area (Å²) in [5.41, 5.74) is 7.35. The number of halogens is 1. The van der Waals surface area contributed by atoms with Gasteiger partial charge in [0.05, 0.1) is 16.6 Å². The van der Waals surface area contributed by atoms with Gasteiger partial charge in [-0.05, 0) is 46.7 Å². The maximum absolute atomic E-state index is 12.5. The Labute approximate surface area is 131 Å². The molecule has 0 bridgehead atoms. The Kier molecular flexibility index (Phi) is 3.95. The summed E-state index contributed by atoms with van der Waals surface area (Å²) < 4.78 is 12.5. The molecule has 0 spiro atoms. The number of hydrogen-bond acceptors (Lipinski definition) is 2. The summed E-state index contributed by atoms with van der Waals surface area (Å²) in [4.78, 5) is 0.799. The van der Waals surface area contributed by atoms with Crippen LogP contribution in [0.15, 0.2) is 65.6 Å². The summed E-state index contributed by atoms with van der Waals surface area (Å²) >= 11 is 5.97. The van der Waals surface area contributed by atoms with E-state index in [0.29, 0.717) is 16.5 Å². The Morgan fingerprint density at radius 2 is 1.71 bits per heavy atom. The van der Waals surface area contributed by atoms with Gasteiger partial charge in [-0.15, -0.1) is 0 Å². The predicted octanol–water partition coefficient (Wildman–Crippen LogP) is 4.38. The van der Waals surface area contributed by atoms with Gasteiger partial charge in [0.25, 0.3) is 0 Å². The van der Waals surface area contributed by atoms with Crippen molar-refractivity contribution in [2.24, 2.45) is 0 Å². The summed E-state index contributed by atoms with van der Waals surface area (Å²) in [5, 5.41) is 2.83. The molecular weight excluding hydrogens is 302 g/mol. The molecule has 3 aromatic rings.